The lowest BCUT2D eigenvalue weighted by molar-refractivity contribution is 0.101. The molecular formula is C24H26N2O5S. The first-order chi connectivity index (χ1) is 15.3. The number of benzene rings is 3. The number of anilines is 2. The third-order valence-corrected chi connectivity index (χ3v) is 6.11. The molecule has 0 saturated carbocycles. The number of methoxy groups -OCH3 is 1. The number of rotatable bonds is 9. The van der Waals surface area contributed by atoms with E-state index in [4.69, 9.17) is 9.47 Å². The molecular weight excluding hydrogens is 428 g/mol. The van der Waals surface area contributed by atoms with Crippen molar-refractivity contribution in [1.82, 2.24) is 0 Å². The van der Waals surface area contributed by atoms with Gasteiger partial charge in [0.15, 0.2) is 0 Å². The van der Waals surface area contributed by atoms with Crippen LogP contribution in [0.25, 0.3) is 0 Å². The van der Waals surface area contributed by atoms with E-state index in [0.717, 1.165) is 11.1 Å². The minimum absolute atomic E-state index is 0.0961. The summed E-state index contributed by atoms with van der Waals surface area (Å²) in [6.07, 6.45) is 0. The van der Waals surface area contributed by atoms with Crippen molar-refractivity contribution in [1.29, 1.82) is 0 Å². The van der Waals surface area contributed by atoms with Crippen LogP contribution < -0.4 is 14.8 Å². The molecule has 0 unspecified atom stereocenters. The highest BCUT2D eigenvalue weighted by Gasteiger charge is 2.17. The zero-order chi connectivity index (χ0) is 23.1. The van der Waals surface area contributed by atoms with Gasteiger partial charge in [0.1, 0.15) is 12.4 Å². The predicted octanol–water partition coefficient (Wildman–Crippen LogP) is 4.38. The lowest BCUT2D eigenvalue weighted by Crippen LogP contribution is -2.16. The number of aryl methyl sites for hydroxylation is 2. The normalized spacial score (nSPS) is 11.1. The van der Waals surface area contributed by atoms with Crippen LogP contribution in [0.5, 0.6) is 5.75 Å². The monoisotopic (exact) mass is 454 g/mol. The van der Waals surface area contributed by atoms with Gasteiger partial charge in [0, 0.05) is 12.8 Å². The topological polar surface area (TPSA) is 93.7 Å². The summed E-state index contributed by atoms with van der Waals surface area (Å²) in [4.78, 5) is 12.8. The van der Waals surface area contributed by atoms with Gasteiger partial charge in [0.05, 0.1) is 22.8 Å². The van der Waals surface area contributed by atoms with Crippen LogP contribution >= 0.6 is 0 Å². The Morgan fingerprint density at radius 1 is 0.938 bits per heavy atom. The number of carbonyl (C=O) groups excluding carboxylic acids is 1. The Morgan fingerprint density at radius 2 is 1.66 bits per heavy atom. The second-order valence-corrected chi connectivity index (χ2v) is 8.92. The zero-order valence-corrected chi connectivity index (χ0v) is 19.0. The maximum Gasteiger partial charge on any atom is 0.261 e. The van der Waals surface area contributed by atoms with E-state index in [1.165, 1.54) is 12.1 Å². The van der Waals surface area contributed by atoms with Crippen molar-refractivity contribution in [3.05, 3.63) is 83.4 Å². The van der Waals surface area contributed by atoms with Crippen molar-refractivity contribution in [2.75, 3.05) is 30.4 Å². The number of ether oxygens (including phenoxy) is 2. The van der Waals surface area contributed by atoms with Crippen molar-refractivity contribution in [2.45, 2.75) is 18.7 Å². The molecule has 0 aliphatic heterocycles. The van der Waals surface area contributed by atoms with Gasteiger partial charge < -0.3 is 14.8 Å². The Bertz CT molecular complexity index is 1190. The van der Waals surface area contributed by atoms with Gasteiger partial charge in [-0.15, -0.1) is 0 Å². The van der Waals surface area contributed by atoms with Crippen molar-refractivity contribution in [2.24, 2.45) is 0 Å². The second-order valence-electron chi connectivity index (χ2n) is 7.24. The quantitative estimate of drug-likeness (QED) is 0.468. The fourth-order valence-electron chi connectivity index (χ4n) is 3.06. The summed E-state index contributed by atoms with van der Waals surface area (Å²) in [5, 5.41) is 2.77. The number of hydrogen-bond donors (Lipinski definition) is 2. The molecule has 0 atom stereocenters. The van der Waals surface area contributed by atoms with Crippen molar-refractivity contribution < 1.29 is 22.7 Å². The van der Waals surface area contributed by atoms with Crippen LogP contribution in [-0.2, 0) is 14.8 Å². The lowest BCUT2D eigenvalue weighted by atomic mass is 10.1. The number of hydrogen-bond acceptors (Lipinski definition) is 5. The molecule has 3 aromatic rings. The molecule has 7 nitrogen and oxygen atoms in total. The summed E-state index contributed by atoms with van der Waals surface area (Å²) in [5.74, 6) is 0.0842. The molecule has 1 amide bonds. The first-order valence-corrected chi connectivity index (χ1v) is 11.5. The third kappa shape index (κ3) is 5.87. The van der Waals surface area contributed by atoms with Crippen LogP contribution in [0.4, 0.5) is 11.4 Å². The molecule has 0 saturated heterocycles. The van der Waals surface area contributed by atoms with E-state index in [9.17, 15) is 13.2 Å². The smallest absolute Gasteiger partial charge is 0.261 e. The number of nitrogens with one attached hydrogen (secondary N) is 2. The van der Waals surface area contributed by atoms with E-state index in [0.29, 0.717) is 35.9 Å². The highest BCUT2D eigenvalue weighted by molar-refractivity contribution is 7.92. The molecule has 0 bridgehead atoms. The largest absolute Gasteiger partial charge is 0.490 e. The SMILES string of the molecule is COCCOc1ccccc1C(=O)Nc1ccc(S(=O)(=O)Nc2ccc(C)cc2C)cc1. The average molecular weight is 455 g/mol. The summed E-state index contributed by atoms with van der Waals surface area (Å²) in [6, 6.07) is 18.4. The molecule has 3 rings (SSSR count). The maximum atomic E-state index is 12.7. The molecule has 0 aliphatic carbocycles. The highest BCUT2D eigenvalue weighted by atomic mass is 32.2. The predicted molar refractivity (Wildman–Crippen MR) is 125 cm³/mol. The Kier molecular flexibility index (Phi) is 7.50. The van der Waals surface area contributed by atoms with Gasteiger partial charge in [-0.2, -0.15) is 0 Å². The van der Waals surface area contributed by atoms with Crippen LogP contribution in [0.1, 0.15) is 21.5 Å². The van der Waals surface area contributed by atoms with E-state index >= 15 is 0 Å². The fourth-order valence-corrected chi connectivity index (χ4v) is 4.19. The van der Waals surface area contributed by atoms with E-state index in [-0.39, 0.29) is 10.8 Å². The first kappa shape index (κ1) is 23.3. The van der Waals surface area contributed by atoms with Crippen molar-refractivity contribution in [3.63, 3.8) is 0 Å². The van der Waals surface area contributed by atoms with E-state index < -0.39 is 10.0 Å². The van der Waals surface area contributed by atoms with Gasteiger partial charge in [-0.3, -0.25) is 9.52 Å². The van der Waals surface area contributed by atoms with Gasteiger partial charge in [-0.1, -0.05) is 29.8 Å². The molecule has 32 heavy (non-hydrogen) atoms. The molecule has 8 heteroatoms. The zero-order valence-electron chi connectivity index (χ0n) is 18.2. The highest BCUT2D eigenvalue weighted by Crippen LogP contribution is 2.23. The average Bonchev–Trinajstić information content (AvgIpc) is 2.76. The van der Waals surface area contributed by atoms with Crippen LogP contribution in [0.15, 0.2) is 71.6 Å². The maximum absolute atomic E-state index is 12.7. The Morgan fingerprint density at radius 3 is 2.34 bits per heavy atom. The standard InChI is InChI=1S/C24H26N2O5S/c1-17-8-13-22(18(2)16-17)26-32(28,29)20-11-9-19(10-12-20)25-24(27)21-6-4-5-7-23(21)31-15-14-30-3/h4-13,16,26H,14-15H2,1-3H3,(H,25,27). The third-order valence-electron chi connectivity index (χ3n) is 4.73. The Hall–Kier alpha value is -3.36. The summed E-state index contributed by atoms with van der Waals surface area (Å²) in [5.41, 5.74) is 3.25. The first-order valence-electron chi connectivity index (χ1n) is 10.0. The lowest BCUT2D eigenvalue weighted by Gasteiger charge is -2.13. The summed E-state index contributed by atoms with van der Waals surface area (Å²) in [7, 11) is -2.19. The number of para-hydroxylation sites is 1. The number of sulfonamides is 1. The molecule has 168 valence electrons. The minimum Gasteiger partial charge on any atom is -0.490 e. The molecule has 0 heterocycles. The van der Waals surface area contributed by atoms with E-state index in [2.05, 4.69) is 10.0 Å². The van der Waals surface area contributed by atoms with Gasteiger partial charge >= 0.3 is 0 Å². The van der Waals surface area contributed by atoms with Crippen LogP contribution in [0.3, 0.4) is 0 Å². The number of carbonyl (C=O) groups is 1. The van der Waals surface area contributed by atoms with Gasteiger partial charge in [0.25, 0.3) is 15.9 Å². The van der Waals surface area contributed by atoms with Gasteiger partial charge in [0.2, 0.25) is 0 Å². The van der Waals surface area contributed by atoms with Crippen molar-refractivity contribution >= 4 is 27.3 Å². The van der Waals surface area contributed by atoms with Crippen LogP contribution in [-0.4, -0.2) is 34.6 Å². The Balaban J connectivity index is 1.71. The molecule has 0 fully saturated rings. The van der Waals surface area contributed by atoms with Gasteiger partial charge in [-0.05, 0) is 61.9 Å². The van der Waals surface area contributed by atoms with E-state index in [1.807, 2.05) is 26.0 Å². The van der Waals surface area contributed by atoms with Gasteiger partial charge in [-0.25, -0.2) is 8.42 Å². The van der Waals surface area contributed by atoms with E-state index in [1.54, 1.807) is 49.6 Å². The van der Waals surface area contributed by atoms with Crippen LogP contribution in [0, 0.1) is 13.8 Å². The summed E-state index contributed by atoms with van der Waals surface area (Å²) < 4.78 is 38.7. The molecule has 0 aliphatic rings. The molecule has 0 radical (unpaired) electrons. The van der Waals surface area contributed by atoms with Crippen LogP contribution in [0.2, 0.25) is 0 Å². The summed E-state index contributed by atoms with van der Waals surface area (Å²) in [6.45, 7) is 4.52. The molecule has 0 spiro atoms. The molecule has 3 aromatic carbocycles. The molecule has 2 N–H and O–H groups in total. The second kappa shape index (κ2) is 10.3. The Labute approximate surface area is 188 Å². The summed E-state index contributed by atoms with van der Waals surface area (Å²) >= 11 is 0. The minimum atomic E-state index is -3.76. The van der Waals surface area contributed by atoms with Crippen molar-refractivity contribution in [3.8, 4) is 5.75 Å². The fraction of sp³-hybridized carbons (Fsp3) is 0.208. The molecule has 0 aromatic heterocycles. The number of amides is 1.